The van der Waals surface area contributed by atoms with E-state index in [1.807, 2.05) is 6.07 Å². The maximum absolute atomic E-state index is 13.3. The van der Waals surface area contributed by atoms with Crippen molar-refractivity contribution in [3.63, 3.8) is 0 Å². The second kappa shape index (κ2) is 5.57. The van der Waals surface area contributed by atoms with Crippen LogP contribution in [0.2, 0.25) is 0 Å². The third-order valence-corrected chi connectivity index (χ3v) is 8.00. The highest BCUT2D eigenvalue weighted by Gasteiger charge is 2.73. The number of fused-ring (bicyclic) bond motifs is 1. The first-order valence-electron chi connectivity index (χ1n) is 9.71. The monoisotopic (exact) mass is 362 g/mol. The van der Waals surface area contributed by atoms with Crippen molar-refractivity contribution in [3.8, 4) is 0 Å². The predicted octanol–water partition coefficient (Wildman–Crippen LogP) is 2.41. The molecule has 2 aliphatic heterocycles. The summed E-state index contributed by atoms with van der Waals surface area (Å²) >= 11 is 0. The molecule has 2 N–H and O–H groups in total. The van der Waals surface area contributed by atoms with Crippen LogP contribution in [0.25, 0.3) is 0 Å². The first-order valence-corrected chi connectivity index (χ1v) is 9.71. The molecular weight excluding hydrogens is 336 g/mol. The van der Waals surface area contributed by atoms with E-state index in [1.165, 1.54) is 0 Å². The van der Waals surface area contributed by atoms with Crippen LogP contribution in [0.4, 0.5) is 0 Å². The Hall–Kier alpha value is -1.37. The summed E-state index contributed by atoms with van der Waals surface area (Å²) in [5.74, 6) is -0.226. The van der Waals surface area contributed by atoms with E-state index in [0.717, 1.165) is 24.8 Å². The van der Waals surface area contributed by atoms with Gasteiger partial charge in [0.2, 0.25) is 0 Å². The van der Waals surface area contributed by atoms with Crippen LogP contribution in [-0.4, -0.2) is 35.2 Å². The molecular formula is C20H26O6. The molecule has 0 aromatic carbocycles. The molecule has 0 amide bonds. The number of esters is 1. The quantitative estimate of drug-likeness (QED) is 0.786. The third kappa shape index (κ3) is 1.85. The van der Waals surface area contributed by atoms with Crippen LogP contribution in [-0.2, 0) is 14.3 Å². The third-order valence-electron chi connectivity index (χ3n) is 8.00. The summed E-state index contributed by atoms with van der Waals surface area (Å²) in [4.78, 5) is 13.3. The fraction of sp³-hybridized carbons (Fsp3) is 0.750. The van der Waals surface area contributed by atoms with Gasteiger partial charge in [-0.15, -0.1) is 0 Å². The van der Waals surface area contributed by atoms with Crippen molar-refractivity contribution in [2.45, 2.75) is 57.5 Å². The number of furan rings is 1. The first-order chi connectivity index (χ1) is 12.5. The molecule has 1 aromatic rings. The van der Waals surface area contributed by atoms with Gasteiger partial charge in [0, 0.05) is 23.3 Å². The predicted molar refractivity (Wildman–Crippen MR) is 89.6 cm³/mol. The standard InChI is InChI=1S/C20H26O6/c1-11-7-16-20(10-21)13(17(22)26-16)3-2-4-15(20)19(11)8-14(25-18(19)23)12-5-6-24-9-12/h5-6,9,11,13-17,21-22H,2-4,7-8,10H2,1H3/t11-,13-,14+,15-,16-,17+,19-,20+/m1/s1. The number of hydrogen-bond acceptors (Lipinski definition) is 6. The number of aliphatic hydroxyl groups is 2. The van der Waals surface area contributed by atoms with Crippen molar-refractivity contribution in [1.82, 2.24) is 0 Å². The molecule has 4 fully saturated rings. The van der Waals surface area contributed by atoms with Crippen LogP contribution in [0.5, 0.6) is 0 Å². The van der Waals surface area contributed by atoms with E-state index in [2.05, 4.69) is 6.92 Å². The highest BCUT2D eigenvalue weighted by Crippen LogP contribution is 2.69. The zero-order chi connectivity index (χ0) is 18.1. The van der Waals surface area contributed by atoms with Gasteiger partial charge in [-0.25, -0.2) is 0 Å². The number of carbonyl (C=O) groups excluding carboxylic acids is 1. The molecule has 26 heavy (non-hydrogen) atoms. The summed E-state index contributed by atoms with van der Waals surface area (Å²) in [7, 11) is 0. The zero-order valence-corrected chi connectivity index (χ0v) is 15.0. The van der Waals surface area contributed by atoms with Crippen molar-refractivity contribution in [2.24, 2.45) is 28.6 Å². The Morgan fingerprint density at radius 2 is 2.19 bits per heavy atom. The van der Waals surface area contributed by atoms with Gasteiger partial charge in [0.25, 0.3) is 0 Å². The average molecular weight is 362 g/mol. The molecule has 0 radical (unpaired) electrons. The summed E-state index contributed by atoms with van der Waals surface area (Å²) in [5, 5.41) is 21.0. The number of cyclic esters (lactones) is 1. The van der Waals surface area contributed by atoms with Crippen molar-refractivity contribution in [2.75, 3.05) is 6.61 Å². The minimum atomic E-state index is -0.848. The highest BCUT2D eigenvalue weighted by molar-refractivity contribution is 5.80. The fourth-order valence-corrected chi connectivity index (χ4v) is 6.82. The maximum atomic E-state index is 13.3. The molecule has 4 aliphatic rings. The SMILES string of the molecule is C[C@@H]1C[C@H]2O[C@H](O)[C@H]3CCC[C@H]([C@@]14C[C@@H](c1ccoc1)OC4=O)[C@]32CO. The first kappa shape index (κ1) is 16.8. The number of hydrogen-bond donors (Lipinski definition) is 2. The molecule has 1 spiro atoms. The van der Waals surface area contributed by atoms with Crippen LogP contribution in [0.1, 0.15) is 50.7 Å². The van der Waals surface area contributed by atoms with E-state index >= 15 is 0 Å². The van der Waals surface area contributed by atoms with Crippen molar-refractivity contribution >= 4 is 5.97 Å². The van der Waals surface area contributed by atoms with Gasteiger partial charge in [-0.2, -0.15) is 0 Å². The number of ether oxygens (including phenoxy) is 2. The van der Waals surface area contributed by atoms with Gasteiger partial charge >= 0.3 is 5.97 Å². The molecule has 6 heteroatoms. The molecule has 6 nitrogen and oxygen atoms in total. The fourth-order valence-electron chi connectivity index (χ4n) is 6.82. The van der Waals surface area contributed by atoms with Gasteiger partial charge in [0.15, 0.2) is 6.29 Å². The highest BCUT2D eigenvalue weighted by atomic mass is 16.6. The van der Waals surface area contributed by atoms with Crippen LogP contribution in [0.3, 0.4) is 0 Å². The molecule has 3 heterocycles. The topological polar surface area (TPSA) is 89.1 Å². The summed E-state index contributed by atoms with van der Waals surface area (Å²) in [5.41, 5.74) is -0.292. The summed E-state index contributed by atoms with van der Waals surface area (Å²) < 4.78 is 16.9. The molecule has 2 saturated heterocycles. The number of carbonyl (C=O) groups is 1. The molecule has 2 saturated carbocycles. The minimum Gasteiger partial charge on any atom is -0.472 e. The van der Waals surface area contributed by atoms with E-state index in [-0.39, 0.29) is 42.5 Å². The average Bonchev–Trinajstić information content (AvgIpc) is 3.33. The van der Waals surface area contributed by atoms with Gasteiger partial charge < -0.3 is 24.1 Å². The Labute approximate surface area is 152 Å². The Morgan fingerprint density at radius 3 is 2.92 bits per heavy atom. The van der Waals surface area contributed by atoms with Gasteiger partial charge in [-0.1, -0.05) is 13.3 Å². The summed E-state index contributed by atoms with van der Waals surface area (Å²) in [6.45, 7) is 2.04. The van der Waals surface area contributed by atoms with E-state index < -0.39 is 17.1 Å². The molecule has 1 aromatic heterocycles. The van der Waals surface area contributed by atoms with E-state index in [4.69, 9.17) is 13.9 Å². The van der Waals surface area contributed by atoms with Gasteiger partial charge in [-0.05, 0) is 37.2 Å². The number of aliphatic hydroxyl groups excluding tert-OH is 2. The number of rotatable bonds is 2. The van der Waals surface area contributed by atoms with Crippen LogP contribution in [0.15, 0.2) is 23.0 Å². The lowest BCUT2D eigenvalue weighted by Crippen LogP contribution is -2.62. The Balaban J connectivity index is 1.60. The largest absolute Gasteiger partial charge is 0.472 e. The van der Waals surface area contributed by atoms with Crippen LogP contribution in [0, 0.1) is 28.6 Å². The van der Waals surface area contributed by atoms with Crippen molar-refractivity contribution in [3.05, 3.63) is 24.2 Å². The molecule has 142 valence electrons. The minimum absolute atomic E-state index is 0.0333. The van der Waals surface area contributed by atoms with Gasteiger partial charge in [0.1, 0.15) is 6.10 Å². The summed E-state index contributed by atoms with van der Waals surface area (Å²) in [6.07, 6.45) is 5.79. The lowest BCUT2D eigenvalue weighted by Gasteiger charge is -2.58. The molecule has 0 bridgehead atoms. The van der Waals surface area contributed by atoms with E-state index in [1.54, 1.807) is 12.5 Å². The Bertz CT molecular complexity index is 701. The second-order valence-corrected chi connectivity index (χ2v) is 8.71. The van der Waals surface area contributed by atoms with Crippen molar-refractivity contribution < 1.29 is 28.9 Å². The maximum Gasteiger partial charge on any atom is 0.313 e. The van der Waals surface area contributed by atoms with Crippen LogP contribution >= 0.6 is 0 Å². The summed E-state index contributed by atoms with van der Waals surface area (Å²) in [6, 6.07) is 1.85. The van der Waals surface area contributed by atoms with E-state index in [0.29, 0.717) is 12.8 Å². The smallest absolute Gasteiger partial charge is 0.313 e. The second-order valence-electron chi connectivity index (χ2n) is 8.71. The lowest BCUT2D eigenvalue weighted by atomic mass is 9.43. The molecule has 0 unspecified atom stereocenters. The zero-order valence-electron chi connectivity index (χ0n) is 15.0. The Morgan fingerprint density at radius 1 is 1.35 bits per heavy atom. The Kier molecular flexibility index (Phi) is 3.59. The molecule has 5 rings (SSSR count). The normalized spacial score (nSPS) is 50.0. The van der Waals surface area contributed by atoms with Crippen molar-refractivity contribution in [1.29, 1.82) is 0 Å². The molecule has 8 atom stereocenters. The molecule has 2 aliphatic carbocycles. The van der Waals surface area contributed by atoms with Gasteiger partial charge in [-0.3, -0.25) is 4.79 Å². The van der Waals surface area contributed by atoms with Crippen LogP contribution < -0.4 is 0 Å². The van der Waals surface area contributed by atoms with Gasteiger partial charge in [0.05, 0.1) is 30.7 Å². The van der Waals surface area contributed by atoms with E-state index in [9.17, 15) is 15.0 Å². The lowest BCUT2D eigenvalue weighted by molar-refractivity contribution is -0.185.